The summed E-state index contributed by atoms with van der Waals surface area (Å²) in [6, 6.07) is 25.8. The van der Waals surface area contributed by atoms with Gasteiger partial charge in [0.1, 0.15) is 0 Å². The van der Waals surface area contributed by atoms with Crippen LogP contribution in [0.15, 0.2) is 135 Å². The molecule has 1 aromatic heterocycles. The maximum absolute atomic E-state index is 4.46. The average Bonchev–Trinajstić information content (AvgIpc) is 3.05. The Hall–Kier alpha value is -5.27. The van der Waals surface area contributed by atoms with E-state index in [0.29, 0.717) is 0 Å². The van der Waals surface area contributed by atoms with Crippen molar-refractivity contribution in [3.8, 4) is 33.4 Å². The summed E-state index contributed by atoms with van der Waals surface area (Å²) in [5.41, 5.74) is 14.3. The van der Waals surface area contributed by atoms with Gasteiger partial charge in [-0.05, 0) is 104 Å². The standard InChI is InChI=1S/C42H37N/c1-8-12-16-28(5)30(7)36-19-15-20-37(33(36)9-2)42-35(11-4)34(10-3)41(38-17-13-14-18-39(38)42)32-23-21-31(22-24-32)40-27-43-26-25-29(40)6/h8-27H,2-4,7H2,1,5-6H3/b12-8-,28-16+. The highest BCUT2D eigenvalue weighted by Gasteiger charge is 2.21. The fourth-order valence-corrected chi connectivity index (χ4v) is 5.91. The molecule has 0 amide bonds. The minimum atomic E-state index is 0.976. The topological polar surface area (TPSA) is 12.9 Å². The van der Waals surface area contributed by atoms with Crippen molar-refractivity contribution < 1.29 is 0 Å². The van der Waals surface area contributed by atoms with Crippen molar-refractivity contribution in [1.82, 2.24) is 4.98 Å². The highest BCUT2D eigenvalue weighted by atomic mass is 14.6. The van der Waals surface area contributed by atoms with Crippen molar-refractivity contribution in [3.63, 3.8) is 0 Å². The Morgan fingerprint density at radius 2 is 1.33 bits per heavy atom. The SMILES string of the molecule is C=Cc1c(C(=C)/C(C)=C/C=C\C)cccc1-c1c(C=C)c(C=C)c(-c2ccc(-c3cnccc3C)cc2)c2ccccc12. The zero-order valence-corrected chi connectivity index (χ0v) is 25.3. The van der Waals surface area contributed by atoms with E-state index in [9.17, 15) is 0 Å². The van der Waals surface area contributed by atoms with Crippen molar-refractivity contribution in [2.75, 3.05) is 0 Å². The van der Waals surface area contributed by atoms with Gasteiger partial charge in [-0.15, -0.1) is 0 Å². The van der Waals surface area contributed by atoms with Gasteiger partial charge in [-0.1, -0.05) is 130 Å². The number of rotatable bonds is 9. The van der Waals surface area contributed by atoms with Crippen LogP contribution in [0.3, 0.4) is 0 Å². The Bertz CT molecular complexity index is 1940. The first-order valence-corrected chi connectivity index (χ1v) is 14.5. The van der Waals surface area contributed by atoms with Gasteiger partial charge in [0.05, 0.1) is 0 Å². The Morgan fingerprint density at radius 3 is 1.95 bits per heavy atom. The van der Waals surface area contributed by atoms with E-state index in [1.54, 1.807) is 0 Å². The zero-order chi connectivity index (χ0) is 30.5. The van der Waals surface area contributed by atoms with Crippen molar-refractivity contribution in [3.05, 3.63) is 163 Å². The summed E-state index contributed by atoms with van der Waals surface area (Å²) in [6.07, 6.45) is 15.8. The molecule has 0 saturated carbocycles. The van der Waals surface area contributed by atoms with Gasteiger partial charge in [-0.3, -0.25) is 4.98 Å². The molecule has 0 radical (unpaired) electrons. The molecule has 5 aromatic rings. The zero-order valence-electron chi connectivity index (χ0n) is 25.3. The lowest BCUT2D eigenvalue weighted by Gasteiger charge is -2.22. The lowest BCUT2D eigenvalue weighted by atomic mass is 9.81. The Labute approximate surface area is 256 Å². The molecule has 1 nitrogen and oxygen atoms in total. The summed E-state index contributed by atoms with van der Waals surface area (Å²) in [6.45, 7) is 23.5. The van der Waals surface area contributed by atoms with Gasteiger partial charge in [0.2, 0.25) is 0 Å². The summed E-state index contributed by atoms with van der Waals surface area (Å²) in [5, 5.41) is 2.31. The van der Waals surface area contributed by atoms with Crippen LogP contribution in [0.4, 0.5) is 0 Å². The number of nitrogens with zero attached hydrogens (tertiary/aromatic N) is 1. The summed E-state index contributed by atoms with van der Waals surface area (Å²) in [5.74, 6) is 0. The predicted molar refractivity (Wildman–Crippen MR) is 191 cm³/mol. The number of hydrogen-bond acceptors (Lipinski definition) is 1. The fourth-order valence-electron chi connectivity index (χ4n) is 5.91. The van der Waals surface area contributed by atoms with Gasteiger partial charge in [-0.2, -0.15) is 0 Å². The predicted octanol–water partition coefficient (Wildman–Crippen LogP) is 12.0. The molecule has 0 bridgehead atoms. The average molecular weight is 556 g/mol. The molecule has 0 saturated heterocycles. The molecule has 0 aliphatic carbocycles. The number of pyridine rings is 1. The molecule has 43 heavy (non-hydrogen) atoms. The fraction of sp³-hybridized carbons (Fsp3) is 0.0714. The van der Waals surface area contributed by atoms with Crippen LogP contribution in [0.1, 0.15) is 41.7 Å². The Morgan fingerprint density at radius 1 is 0.698 bits per heavy atom. The third kappa shape index (κ3) is 5.38. The number of aromatic nitrogens is 1. The van der Waals surface area contributed by atoms with E-state index in [4.69, 9.17) is 0 Å². The van der Waals surface area contributed by atoms with Gasteiger partial charge < -0.3 is 0 Å². The number of hydrogen-bond donors (Lipinski definition) is 0. The van der Waals surface area contributed by atoms with Crippen molar-refractivity contribution in [2.45, 2.75) is 20.8 Å². The van der Waals surface area contributed by atoms with E-state index >= 15 is 0 Å². The molecule has 0 N–H and O–H groups in total. The molecule has 0 unspecified atom stereocenters. The van der Waals surface area contributed by atoms with Gasteiger partial charge in [-0.25, -0.2) is 0 Å². The van der Waals surface area contributed by atoms with Crippen LogP contribution in [0, 0.1) is 6.92 Å². The second-order valence-electron chi connectivity index (χ2n) is 10.6. The van der Waals surface area contributed by atoms with Crippen LogP contribution in [-0.2, 0) is 0 Å². The molecule has 0 fully saturated rings. The largest absolute Gasteiger partial charge is 0.264 e. The smallest absolute Gasteiger partial charge is 0.0349 e. The highest BCUT2D eigenvalue weighted by molar-refractivity contribution is 6.12. The molecule has 210 valence electrons. The Balaban J connectivity index is 1.78. The van der Waals surface area contributed by atoms with E-state index in [1.807, 2.05) is 55.8 Å². The van der Waals surface area contributed by atoms with Crippen LogP contribution in [0.25, 0.3) is 68.0 Å². The normalized spacial score (nSPS) is 11.6. The van der Waals surface area contributed by atoms with Crippen LogP contribution in [0.5, 0.6) is 0 Å². The summed E-state index contributed by atoms with van der Waals surface area (Å²) in [4.78, 5) is 4.34. The number of benzene rings is 4. The molecule has 1 heteroatoms. The maximum atomic E-state index is 4.46. The summed E-state index contributed by atoms with van der Waals surface area (Å²) < 4.78 is 0. The third-order valence-electron chi connectivity index (χ3n) is 8.15. The highest BCUT2D eigenvalue weighted by Crippen LogP contribution is 2.45. The summed E-state index contributed by atoms with van der Waals surface area (Å²) in [7, 11) is 0. The lowest BCUT2D eigenvalue weighted by molar-refractivity contribution is 1.29. The minimum absolute atomic E-state index is 0.976. The number of aryl methyl sites for hydroxylation is 1. The van der Waals surface area contributed by atoms with Gasteiger partial charge in [0, 0.05) is 18.0 Å². The van der Waals surface area contributed by atoms with E-state index in [-0.39, 0.29) is 0 Å². The monoisotopic (exact) mass is 555 g/mol. The van der Waals surface area contributed by atoms with Crippen LogP contribution in [-0.4, -0.2) is 4.98 Å². The van der Waals surface area contributed by atoms with E-state index < -0.39 is 0 Å². The van der Waals surface area contributed by atoms with Gasteiger partial charge >= 0.3 is 0 Å². The van der Waals surface area contributed by atoms with Crippen molar-refractivity contribution >= 4 is 34.6 Å². The molecule has 0 aliphatic heterocycles. The quantitative estimate of drug-likeness (QED) is 0.165. The van der Waals surface area contributed by atoms with Gasteiger partial charge in [0.15, 0.2) is 0 Å². The molecule has 0 atom stereocenters. The molecule has 5 rings (SSSR count). The first kappa shape index (κ1) is 29.2. The lowest BCUT2D eigenvalue weighted by Crippen LogP contribution is -1.99. The van der Waals surface area contributed by atoms with Crippen LogP contribution in [0.2, 0.25) is 0 Å². The second-order valence-corrected chi connectivity index (χ2v) is 10.6. The number of allylic oxidation sites excluding steroid dienone is 5. The molecule has 4 aromatic carbocycles. The Kier molecular flexibility index (Phi) is 8.64. The van der Waals surface area contributed by atoms with Crippen LogP contribution >= 0.6 is 0 Å². The van der Waals surface area contributed by atoms with Crippen molar-refractivity contribution in [1.29, 1.82) is 0 Å². The van der Waals surface area contributed by atoms with E-state index in [2.05, 4.69) is 118 Å². The van der Waals surface area contributed by atoms with E-state index in [0.717, 1.165) is 77.6 Å². The maximum Gasteiger partial charge on any atom is 0.0349 e. The minimum Gasteiger partial charge on any atom is -0.264 e. The number of fused-ring (bicyclic) bond motifs is 1. The summed E-state index contributed by atoms with van der Waals surface area (Å²) >= 11 is 0. The molecular formula is C42H37N. The second kappa shape index (κ2) is 12.7. The van der Waals surface area contributed by atoms with E-state index in [1.165, 1.54) is 5.56 Å². The first-order chi connectivity index (χ1) is 20.9. The molecule has 0 spiro atoms. The van der Waals surface area contributed by atoms with Crippen LogP contribution < -0.4 is 0 Å². The molecule has 1 heterocycles. The first-order valence-electron chi connectivity index (χ1n) is 14.5. The molecule has 0 aliphatic rings. The van der Waals surface area contributed by atoms with Crippen molar-refractivity contribution in [2.24, 2.45) is 0 Å². The molecular weight excluding hydrogens is 518 g/mol. The third-order valence-corrected chi connectivity index (χ3v) is 8.15. The van der Waals surface area contributed by atoms with Gasteiger partial charge in [0.25, 0.3) is 0 Å².